The number of rotatable bonds is 13. The van der Waals surface area contributed by atoms with Crippen molar-refractivity contribution in [3.63, 3.8) is 0 Å². The zero-order valence-electron chi connectivity index (χ0n) is 27.9. The van der Waals surface area contributed by atoms with Crippen LogP contribution in [0.25, 0.3) is 0 Å². The molecule has 0 bridgehead atoms. The molecule has 1 amide bonds. The molecule has 5 N–H and O–H groups in total. The minimum absolute atomic E-state index is 0.0264. The summed E-state index contributed by atoms with van der Waals surface area (Å²) >= 11 is 0. The molecular weight excluding hydrogens is 663 g/mol. The summed E-state index contributed by atoms with van der Waals surface area (Å²) in [5.41, 5.74) is 7.57. The number of nitrogens with zero attached hydrogens (tertiary/aromatic N) is 1. The highest BCUT2D eigenvalue weighted by molar-refractivity contribution is 7.79. The molecular formula is C34H46F2N2O8SSi. The molecule has 0 aromatic heterocycles. The maximum Gasteiger partial charge on any atom is 0.394 e. The van der Waals surface area contributed by atoms with Gasteiger partial charge in [0.1, 0.15) is 23.1 Å². The van der Waals surface area contributed by atoms with Gasteiger partial charge in [-0.3, -0.25) is 13.9 Å². The Balaban J connectivity index is 0.00000116. The molecule has 264 valence electrons. The van der Waals surface area contributed by atoms with Gasteiger partial charge >= 0.3 is 10.4 Å². The third-order valence-corrected chi connectivity index (χ3v) is 13.2. The van der Waals surface area contributed by atoms with Gasteiger partial charge in [-0.05, 0) is 104 Å². The maximum atomic E-state index is 13.8. The van der Waals surface area contributed by atoms with Crippen LogP contribution in [0.3, 0.4) is 0 Å². The van der Waals surface area contributed by atoms with E-state index in [0.717, 1.165) is 18.4 Å². The van der Waals surface area contributed by atoms with E-state index in [0.29, 0.717) is 43.0 Å². The van der Waals surface area contributed by atoms with Crippen molar-refractivity contribution in [1.29, 1.82) is 0 Å². The molecule has 48 heavy (non-hydrogen) atoms. The quantitative estimate of drug-likeness (QED) is 0.0615. The van der Waals surface area contributed by atoms with Crippen LogP contribution < -0.4 is 15.4 Å². The van der Waals surface area contributed by atoms with Crippen molar-refractivity contribution >= 4 is 30.3 Å². The molecule has 3 aromatic rings. The fourth-order valence-corrected chi connectivity index (χ4v) is 6.53. The molecule has 3 aromatic carbocycles. The van der Waals surface area contributed by atoms with Crippen LogP contribution in [-0.2, 0) is 19.6 Å². The van der Waals surface area contributed by atoms with Gasteiger partial charge in [-0.15, -0.1) is 0 Å². The topological polar surface area (TPSA) is 160 Å². The van der Waals surface area contributed by atoms with E-state index >= 15 is 0 Å². The Morgan fingerprint density at radius 1 is 0.958 bits per heavy atom. The van der Waals surface area contributed by atoms with E-state index < -0.39 is 36.5 Å². The molecule has 3 unspecified atom stereocenters. The summed E-state index contributed by atoms with van der Waals surface area (Å²) in [7, 11) is -6.88. The van der Waals surface area contributed by atoms with Gasteiger partial charge in [0.05, 0.1) is 24.7 Å². The van der Waals surface area contributed by atoms with Gasteiger partial charge in [0, 0.05) is 17.3 Å². The van der Waals surface area contributed by atoms with Crippen molar-refractivity contribution in [3.05, 3.63) is 89.5 Å². The second-order valence-electron chi connectivity index (χ2n) is 13.2. The number of phenols is 1. The van der Waals surface area contributed by atoms with Crippen LogP contribution >= 0.6 is 0 Å². The molecule has 1 aliphatic heterocycles. The van der Waals surface area contributed by atoms with E-state index in [4.69, 9.17) is 32.4 Å². The van der Waals surface area contributed by atoms with Gasteiger partial charge in [0.25, 0.3) is 0 Å². The standard InChI is InChI=1S/C34H44F2N2O4Si.H2O4S/c1-34(2,3)43(4,5)42-31(23-8-10-24(35)11-9-23)19-18-29-32(38(33(29)40)26-14-12-25(36)13-15-26)28-17-16-27(22-30(28)39)41-21-7-6-20-37;1-5(2,3)4/h8-17,22,29,31-32,39H,6-7,18-21,37H2,1-5H3;(H2,1,2,3,4). The molecule has 1 saturated heterocycles. The number of hydrogen-bond donors (Lipinski definition) is 4. The Labute approximate surface area is 282 Å². The van der Waals surface area contributed by atoms with Gasteiger partial charge in [-0.1, -0.05) is 32.9 Å². The summed E-state index contributed by atoms with van der Waals surface area (Å²) in [4.78, 5) is 15.3. The zero-order valence-corrected chi connectivity index (χ0v) is 29.7. The number of hydrogen-bond acceptors (Lipinski definition) is 7. The first kappa shape index (κ1) is 39.0. The number of carbonyl (C=O) groups excluding carboxylic acids is 1. The number of carbonyl (C=O) groups is 1. The molecule has 1 fully saturated rings. The normalized spacial score (nSPS) is 17.3. The minimum Gasteiger partial charge on any atom is -0.507 e. The molecule has 0 spiro atoms. The number of benzene rings is 3. The van der Waals surface area contributed by atoms with E-state index in [2.05, 4.69) is 33.9 Å². The van der Waals surface area contributed by atoms with E-state index in [9.17, 15) is 18.7 Å². The lowest BCUT2D eigenvalue weighted by Crippen LogP contribution is -2.55. The van der Waals surface area contributed by atoms with Crippen LogP contribution in [0.15, 0.2) is 66.7 Å². The van der Waals surface area contributed by atoms with Gasteiger partial charge < -0.3 is 24.9 Å². The molecule has 10 nitrogen and oxygen atoms in total. The molecule has 14 heteroatoms. The van der Waals surface area contributed by atoms with Crippen molar-refractivity contribution in [2.75, 3.05) is 18.1 Å². The third-order valence-electron chi connectivity index (χ3n) is 8.73. The van der Waals surface area contributed by atoms with Crippen LogP contribution in [0.2, 0.25) is 18.1 Å². The summed E-state index contributed by atoms with van der Waals surface area (Å²) in [6, 6.07) is 16.8. The average Bonchev–Trinajstić information content (AvgIpc) is 2.98. The summed E-state index contributed by atoms with van der Waals surface area (Å²) in [6.07, 6.45) is 2.34. The lowest BCUT2D eigenvalue weighted by Gasteiger charge is -2.48. The van der Waals surface area contributed by atoms with Crippen LogP contribution in [0.4, 0.5) is 14.5 Å². The highest BCUT2D eigenvalue weighted by atomic mass is 32.3. The average molecular weight is 709 g/mol. The molecule has 0 radical (unpaired) electrons. The number of anilines is 1. The Bertz CT molecular complexity index is 1610. The second kappa shape index (κ2) is 16.3. The number of nitrogens with two attached hydrogens (primary N) is 1. The predicted molar refractivity (Wildman–Crippen MR) is 183 cm³/mol. The highest BCUT2D eigenvalue weighted by Crippen LogP contribution is 2.50. The van der Waals surface area contributed by atoms with Gasteiger partial charge in [0.15, 0.2) is 8.32 Å². The van der Waals surface area contributed by atoms with Crippen LogP contribution in [0.1, 0.15) is 69.7 Å². The molecule has 4 rings (SSSR count). The predicted octanol–water partition coefficient (Wildman–Crippen LogP) is 7.38. The number of β-lactam (4-membered cyclic amide) rings is 1. The van der Waals surface area contributed by atoms with Gasteiger partial charge in [-0.25, -0.2) is 8.78 Å². The van der Waals surface area contributed by atoms with Crippen LogP contribution in [0, 0.1) is 17.6 Å². The van der Waals surface area contributed by atoms with E-state index in [1.807, 2.05) is 0 Å². The monoisotopic (exact) mass is 708 g/mol. The maximum absolute atomic E-state index is 13.8. The summed E-state index contributed by atoms with van der Waals surface area (Å²) in [5, 5.41) is 11.1. The largest absolute Gasteiger partial charge is 0.507 e. The smallest absolute Gasteiger partial charge is 0.394 e. The number of halogens is 2. The van der Waals surface area contributed by atoms with Gasteiger partial charge in [0.2, 0.25) is 5.91 Å². The molecule has 1 heterocycles. The number of ether oxygens (including phenoxy) is 1. The fraction of sp³-hybridized carbons (Fsp3) is 0.441. The van der Waals surface area contributed by atoms with E-state index in [1.54, 1.807) is 47.4 Å². The van der Waals surface area contributed by atoms with Crippen molar-refractivity contribution in [2.45, 2.75) is 76.7 Å². The summed E-state index contributed by atoms with van der Waals surface area (Å²) in [6.45, 7) is 11.9. The lowest BCUT2D eigenvalue weighted by molar-refractivity contribution is -0.131. The lowest BCUT2D eigenvalue weighted by atomic mass is 9.78. The number of aromatic hydroxyl groups is 1. The summed E-state index contributed by atoms with van der Waals surface area (Å²) < 4.78 is 71.7. The van der Waals surface area contributed by atoms with Crippen LogP contribution in [0.5, 0.6) is 11.5 Å². The number of unbranched alkanes of at least 4 members (excludes halogenated alkanes) is 1. The molecule has 1 aliphatic rings. The van der Waals surface area contributed by atoms with Crippen molar-refractivity contribution in [2.24, 2.45) is 11.7 Å². The summed E-state index contributed by atoms with van der Waals surface area (Å²) in [5.74, 6) is -0.706. The Hall–Kier alpha value is -3.40. The first-order chi connectivity index (χ1) is 22.3. The Kier molecular flexibility index (Phi) is 13.3. The number of phenolic OH excluding ortho intramolecular Hbond substituents is 1. The Morgan fingerprint density at radius 2 is 1.52 bits per heavy atom. The zero-order chi connectivity index (χ0) is 35.9. The van der Waals surface area contributed by atoms with Gasteiger partial charge in [-0.2, -0.15) is 8.42 Å². The molecule has 0 aliphatic carbocycles. The fourth-order valence-electron chi connectivity index (χ4n) is 5.21. The Morgan fingerprint density at radius 3 is 2.04 bits per heavy atom. The highest BCUT2D eigenvalue weighted by Gasteiger charge is 2.50. The van der Waals surface area contributed by atoms with Crippen molar-refractivity contribution < 1.29 is 45.4 Å². The third kappa shape index (κ3) is 10.8. The first-order valence-corrected chi connectivity index (χ1v) is 20.0. The SMILES string of the molecule is CC(C)(C)[Si](C)(C)OC(CCC1C(=O)N(c2ccc(F)cc2)C1c1ccc(OCCCCN)cc1O)c1ccc(F)cc1.O=S(=O)(O)O. The first-order valence-electron chi connectivity index (χ1n) is 15.7. The molecule has 3 atom stereocenters. The van der Waals surface area contributed by atoms with Crippen LogP contribution in [-0.4, -0.2) is 50.0 Å². The minimum atomic E-state index is -4.67. The van der Waals surface area contributed by atoms with E-state index in [1.165, 1.54) is 24.3 Å². The van der Waals surface area contributed by atoms with Crippen molar-refractivity contribution in [3.8, 4) is 11.5 Å². The second-order valence-corrected chi connectivity index (χ2v) is 18.9. The van der Waals surface area contributed by atoms with E-state index in [-0.39, 0.29) is 28.6 Å². The molecule has 0 saturated carbocycles. The van der Waals surface area contributed by atoms with Crippen molar-refractivity contribution in [1.82, 2.24) is 0 Å². The number of amides is 1.